The van der Waals surface area contributed by atoms with Gasteiger partial charge in [-0.15, -0.1) is 11.3 Å². The zero-order chi connectivity index (χ0) is 17.8. The smallest absolute Gasteiger partial charge is 0.229 e. The van der Waals surface area contributed by atoms with Crippen LogP contribution in [0.1, 0.15) is 38.5 Å². The quantitative estimate of drug-likeness (QED) is 0.745. The van der Waals surface area contributed by atoms with Crippen molar-refractivity contribution in [3.63, 3.8) is 0 Å². The standard InChI is InChI=1S/C18H22N4O3S/c23-15-3-4-16(24)22(15)14-7-12-1-2-13(8-14)21(12)17(25)11-9-20(10-11)18-19-5-6-26-18/h5-6,11-14H,1-4,7-10H2. The van der Waals surface area contributed by atoms with E-state index in [1.54, 1.807) is 17.5 Å². The van der Waals surface area contributed by atoms with Crippen LogP contribution in [0.3, 0.4) is 0 Å². The number of nitrogens with zero attached hydrogens (tertiary/aromatic N) is 4. The minimum Gasteiger partial charge on any atom is -0.346 e. The van der Waals surface area contributed by atoms with Gasteiger partial charge in [-0.05, 0) is 25.7 Å². The first-order valence-electron chi connectivity index (χ1n) is 9.43. The van der Waals surface area contributed by atoms with Gasteiger partial charge in [0.05, 0.1) is 5.92 Å². The Hall–Kier alpha value is -1.96. The molecule has 0 aliphatic carbocycles. The number of imide groups is 1. The minimum atomic E-state index is -0.0303. The van der Waals surface area contributed by atoms with Gasteiger partial charge in [-0.3, -0.25) is 19.3 Å². The molecular formula is C18H22N4O3S. The molecule has 8 heteroatoms. The zero-order valence-electron chi connectivity index (χ0n) is 14.5. The fourth-order valence-electron chi connectivity index (χ4n) is 5.09. The van der Waals surface area contributed by atoms with Crippen molar-refractivity contribution in [2.45, 2.75) is 56.7 Å². The predicted molar refractivity (Wildman–Crippen MR) is 95.6 cm³/mol. The highest BCUT2D eigenvalue weighted by Crippen LogP contribution is 2.40. The SMILES string of the molecule is O=C1CCC(=O)N1C1CC2CCC(C1)N2C(=O)C1CN(c2nccs2)C1. The first-order chi connectivity index (χ1) is 12.6. The molecule has 4 aliphatic rings. The van der Waals surface area contributed by atoms with Crippen LogP contribution in [-0.2, 0) is 14.4 Å². The van der Waals surface area contributed by atoms with Crippen molar-refractivity contribution >= 4 is 34.2 Å². The summed E-state index contributed by atoms with van der Waals surface area (Å²) in [6.45, 7) is 1.49. The second-order valence-corrected chi connectivity index (χ2v) is 8.70. The topological polar surface area (TPSA) is 73.8 Å². The van der Waals surface area contributed by atoms with Crippen molar-refractivity contribution in [1.82, 2.24) is 14.8 Å². The summed E-state index contributed by atoms with van der Waals surface area (Å²) in [6, 6.07) is 0.356. The summed E-state index contributed by atoms with van der Waals surface area (Å²) >= 11 is 1.60. The van der Waals surface area contributed by atoms with Crippen LogP contribution in [0.15, 0.2) is 11.6 Å². The summed E-state index contributed by atoms with van der Waals surface area (Å²) in [7, 11) is 0. The molecule has 5 heterocycles. The Balaban J connectivity index is 1.24. The molecule has 1 aromatic rings. The fraction of sp³-hybridized carbons (Fsp3) is 0.667. The molecule has 26 heavy (non-hydrogen) atoms. The maximum absolute atomic E-state index is 13.0. The summed E-state index contributed by atoms with van der Waals surface area (Å²) in [5, 5.41) is 2.94. The van der Waals surface area contributed by atoms with Gasteiger partial charge in [0.15, 0.2) is 5.13 Å². The largest absolute Gasteiger partial charge is 0.346 e. The van der Waals surface area contributed by atoms with E-state index in [1.165, 1.54) is 4.90 Å². The summed E-state index contributed by atoms with van der Waals surface area (Å²) in [5.41, 5.74) is 0. The maximum Gasteiger partial charge on any atom is 0.229 e. The molecule has 0 spiro atoms. The molecule has 0 saturated carbocycles. The third kappa shape index (κ3) is 2.46. The van der Waals surface area contributed by atoms with Gasteiger partial charge in [0.2, 0.25) is 17.7 Å². The molecule has 7 nitrogen and oxygen atoms in total. The summed E-state index contributed by atoms with van der Waals surface area (Å²) in [6.07, 6.45) is 5.98. The lowest BCUT2D eigenvalue weighted by atomic mass is 9.92. The molecule has 2 unspecified atom stereocenters. The Morgan fingerprint density at radius 2 is 1.69 bits per heavy atom. The van der Waals surface area contributed by atoms with E-state index >= 15 is 0 Å². The molecule has 0 radical (unpaired) electrons. The molecule has 4 aliphatic heterocycles. The molecule has 2 bridgehead atoms. The molecule has 0 aromatic carbocycles. The van der Waals surface area contributed by atoms with E-state index in [4.69, 9.17) is 0 Å². The maximum atomic E-state index is 13.0. The van der Waals surface area contributed by atoms with Crippen molar-refractivity contribution in [2.75, 3.05) is 18.0 Å². The lowest BCUT2D eigenvalue weighted by molar-refractivity contribution is -0.146. The van der Waals surface area contributed by atoms with Crippen LogP contribution in [-0.4, -0.2) is 63.7 Å². The zero-order valence-corrected chi connectivity index (χ0v) is 15.4. The summed E-state index contributed by atoms with van der Waals surface area (Å²) in [4.78, 5) is 47.2. The Labute approximate surface area is 156 Å². The van der Waals surface area contributed by atoms with E-state index in [0.717, 1.165) is 43.9 Å². The van der Waals surface area contributed by atoms with Crippen LogP contribution in [0.2, 0.25) is 0 Å². The van der Waals surface area contributed by atoms with Crippen molar-refractivity contribution < 1.29 is 14.4 Å². The number of hydrogen-bond acceptors (Lipinski definition) is 6. The summed E-state index contributed by atoms with van der Waals surface area (Å²) < 4.78 is 0. The van der Waals surface area contributed by atoms with Gasteiger partial charge in [-0.2, -0.15) is 0 Å². The van der Waals surface area contributed by atoms with Crippen LogP contribution in [0.4, 0.5) is 5.13 Å². The van der Waals surface area contributed by atoms with E-state index in [9.17, 15) is 14.4 Å². The monoisotopic (exact) mass is 374 g/mol. The second kappa shape index (κ2) is 6.04. The Kier molecular flexibility index (Phi) is 3.77. The number of fused-ring (bicyclic) bond motifs is 2. The molecule has 1 aromatic heterocycles. The first kappa shape index (κ1) is 16.2. The number of thiazole rings is 1. The highest BCUT2D eigenvalue weighted by molar-refractivity contribution is 7.13. The Morgan fingerprint density at radius 3 is 2.27 bits per heavy atom. The number of anilines is 1. The number of carbonyl (C=O) groups is 3. The van der Waals surface area contributed by atoms with Crippen LogP contribution in [0.5, 0.6) is 0 Å². The van der Waals surface area contributed by atoms with Crippen LogP contribution >= 0.6 is 11.3 Å². The van der Waals surface area contributed by atoms with Gasteiger partial charge in [-0.1, -0.05) is 0 Å². The second-order valence-electron chi connectivity index (χ2n) is 7.83. The number of carbonyl (C=O) groups excluding carboxylic acids is 3. The van der Waals surface area contributed by atoms with E-state index in [0.29, 0.717) is 12.8 Å². The third-order valence-corrected chi connectivity index (χ3v) is 7.17. The first-order valence-corrected chi connectivity index (χ1v) is 10.3. The number of piperidine rings is 1. The van der Waals surface area contributed by atoms with E-state index in [1.807, 2.05) is 5.38 Å². The van der Waals surface area contributed by atoms with Crippen molar-refractivity contribution in [1.29, 1.82) is 0 Å². The van der Waals surface area contributed by atoms with Gasteiger partial charge in [0.25, 0.3) is 0 Å². The van der Waals surface area contributed by atoms with Crippen LogP contribution in [0.25, 0.3) is 0 Å². The average molecular weight is 374 g/mol. The number of likely N-dealkylation sites (tertiary alicyclic amines) is 1. The average Bonchev–Trinajstić information content (AvgIpc) is 3.26. The normalized spacial score (nSPS) is 31.7. The van der Waals surface area contributed by atoms with Gasteiger partial charge < -0.3 is 9.80 Å². The molecule has 138 valence electrons. The van der Waals surface area contributed by atoms with Crippen LogP contribution < -0.4 is 4.90 Å². The molecular weight excluding hydrogens is 352 g/mol. The molecule has 2 atom stereocenters. The Bertz CT molecular complexity index is 716. The van der Waals surface area contributed by atoms with E-state index in [-0.39, 0.29) is 41.8 Å². The number of hydrogen-bond donors (Lipinski definition) is 0. The number of rotatable bonds is 3. The molecule has 3 amide bonds. The van der Waals surface area contributed by atoms with Gasteiger partial charge in [0.1, 0.15) is 0 Å². The van der Waals surface area contributed by atoms with E-state index < -0.39 is 0 Å². The molecule has 4 saturated heterocycles. The van der Waals surface area contributed by atoms with E-state index in [2.05, 4.69) is 14.8 Å². The van der Waals surface area contributed by atoms with Crippen LogP contribution in [0, 0.1) is 5.92 Å². The van der Waals surface area contributed by atoms with Gasteiger partial charge in [0, 0.05) is 55.6 Å². The predicted octanol–water partition coefficient (Wildman–Crippen LogP) is 1.25. The molecule has 0 N–H and O–H groups in total. The van der Waals surface area contributed by atoms with Crippen molar-refractivity contribution in [2.24, 2.45) is 5.92 Å². The van der Waals surface area contributed by atoms with Crippen molar-refractivity contribution in [3.8, 4) is 0 Å². The lowest BCUT2D eigenvalue weighted by Crippen LogP contribution is -2.60. The number of aromatic nitrogens is 1. The molecule has 5 rings (SSSR count). The summed E-state index contributed by atoms with van der Waals surface area (Å²) in [5.74, 6) is 0.242. The van der Waals surface area contributed by atoms with Gasteiger partial charge >= 0.3 is 0 Å². The highest BCUT2D eigenvalue weighted by Gasteiger charge is 2.50. The van der Waals surface area contributed by atoms with Gasteiger partial charge in [-0.25, -0.2) is 4.98 Å². The highest BCUT2D eigenvalue weighted by atomic mass is 32.1. The fourth-order valence-corrected chi connectivity index (χ4v) is 5.76. The minimum absolute atomic E-state index is 0.00717. The Morgan fingerprint density at radius 1 is 1.04 bits per heavy atom. The lowest BCUT2D eigenvalue weighted by Gasteiger charge is -2.46. The third-order valence-electron chi connectivity index (χ3n) is 6.34. The molecule has 4 fully saturated rings. The van der Waals surface area contributed by atoms with Crippen molar-refractivity contribution in [3.05, 3.63) is 11.6 Å². The number of amides is 3.